The number of nitrogens with zero attached hydrogens (tertiary/aromatic N) is 2. The number of nitrogens with two attached hydrogens (primary N) is 1. The van der Waals surface area contributed by atoms with Crippen molar-refractivity contribution in [1.29, 1.82) is 0 Å². The molecule has 0 saturated carbocycles. The molecule has 2 N–H and O–H groups in total. The number of nitrogen functional groups attached to an aromatic ring is 1. The molecule has 0 aliphatic heterocycles. The Morgan fingerprint density at radius 1 is 1.58 bits per heavy atom. The molecule has 0 unspecified atom stereocenters. The van der Waals surface area contributed by atoms with Crippen molar-refractivity contribution in [1.82, 2.24) is 4.98 Å². The molecule has 0 atom stereocenters. The molecule has 12 heavy (non-hydrogen) atoms. The molecular formula is C9H15N3. The van der Waals surface area contributed by atoms with E-state index in [1.54, 1.807) is 12.4 Å². The Morgan fingerprint density at radius 2 is 2.33 bits per heavy atom. The third kappa shape index (κ3) is 1.87. The van der Waals surface area contributed by atoms with Gasteiger partial charge >= 0.3 is 0 Å². The number of hydrogen-bond donors (Lipinski definition) is 1. The molecule has 1 aromatic rings. The molecule has 1 aromatic heterocycles. The van der Waals surface area contributed by atoms with E-state index in [4.69, 9.17) is 5.73 Å². The fraction of sp³-hybridized carbons (Fsp3) is 0.444. The first-order valence-electron chi connectivity index (χ1n) is 4.16. The minimum absolute atomic E-state index is 0.744. The summed E-state index contributed by atoms with van der Waals surface area (Å²) in [4.78, 5) is 6.07. The summed E-state index contributed by atoms with van der Waals surface area (Å²) < 4.78 is 0. The molecule has 1 rings (SSSR count). The molecular weight excluding hydrogens is 150 g/mol. The third-order valence-corrected chi connectivity index (χ3v) is 1.80. The van der Waals surface area contributed by atoms with Crippen LogP contribution in [0.25, 0.3) is 0 Å². The van der Waals surface area contributed by atoms with Crippen LogP contribution in [0, 0.1) is 0 Å². The van der Waals surface area contributed by atoms with E-state index in [1.165, 1.54) is 0 Å². The first-order chi connectivity index (χ1) is 5.75. The van der Waals surface area contributed by atoms with Crippen LogP contribution in [0.2, 0.25) is 0 Å². The molecule has 1 heterocycles. The maximum atomic E-state index is 5.75. The van der Waals surface area contributed by atoms with E-state index >= 15 is 0 Å². The van der Waals surface area contributed by atoms with E-state index in [1.807, 2.05) is 13.1 Å². The molecule has 0 aliphatic carbocycles. The van der Waals surface area contributed by atoms with Gasteiger partial charge in [-0.15, -0.1) is 0 Å². The normalized spacial score (nSPS) is 9.83. The van der Waals surface area contributed by atoms with Crippen LogP contribution in [0.3, 0.4) is 0 Å². The molecule has 0 amide bonds. The number of rotatable bonds is 3. The molecule has 0 bridgehead atoms. The van der Waals surface area contributed by atoms with Gasteiger partial charge < -0.3 is 10.6 Å². The minimum atomic E-state index is 0.744. The Bertz CT molecular complexity index is 247. The molecule has 0 saturated heterocycles. The third-order valence-electron chi connectivity index (χ3n) is 1.80. The molecule has 0 aromatic carbocycles. The van der Waals surface area contributed by atoms with Gasteiger partial charge in [0.05, 0.1) is 17.6 Å². The highest BCUT2D eigenvalue weighted by Crippen LogP contribution is 2.19. The minimum Gasteiger partial charge on any atom is -0.396 e. The summed E-state index contributed by atoms with van der Waals surface area (Å²) >= 11 is 0. The summed E-state index contributed by atoms with van der Waals surface area (Å²) in [6.07, 6.45) is 4.57. The van der Waals surface area contributed by atoms with Gasteiger partial charge in [-0.05, 0) is 12.5 Å². The van der Waals surface area contributed by atoms with Gasteiger partial charge in [0.1, 0.15) is 0 Å². The standard InChI is InChI=1S/C9H15N3/c1-3-6-12(2)9-4-5-11-7-8(9)10/h4-5,7H,3,6,10H2,1-2H3. The van der Waals surface area contributed by atoms with Crippen molar-refractivity contribution in [3.8, 4) is 0 Å². The Balaban J connectivity index is 2.79. The second-order valence-electron chi connectivity index (χ2n) is 2.86. The fourth-order valence-corrected chi connectivity index (χ4v) is 1.20. The molecule has 0 radical (unpaired) electrons. The topological polar surface area (TPSA) is 42.2 Å². The fourth-order valence-electron chi connectivity index (χ4n) is 1.20. The van der Waals surface area contributed by atoms with Crippen LogP contribution in [0.4, 0.5) is 11.4 Å². The summed E-state index contributed by atoms with van der Waals surface area (Å²) in [6, 6.07) is 1.94. The molecule has 0 spiro atoms. The summed E-state index contributed by atoms with van der Waals surface area (Å²) in [6.45, 7) is 3.17. The highest BCUT2D eigenvalue weighted by Gasteiger charge is 2.02. The molecule has 66 valence electrons. The second-order valence-corrected chi connectivity index (χ2v) is 2.86. The molecule has 3 nitrogen and oxygen atoms in total. The highest BCUT2D eigenvalue weighted by molar-refractivity contribution is 5.65. The monoisotopic (exact) mass is 165 g/mol. The van der Waals surface area contributed by atoms with E-state index < -0.39 is 0 Å². The van der Waals surface area contributed by atoms with Gasteiger partial charge in [0.15, 0.2) is 0 Å². The summed E-state index contributed by atoms with van der Waals surface area (Å²) in [5, 5.41) is 0. The smallest absolute Gasteiger partial charge is 0.0738 e. The average Bonchev–Trinajstić information content (AvgIpc) is 2.05. The Hall–Kier alpha value is -1.25. The van der Waals surface area contributed by atoms with Gasteiger partial charge in [0.2, 0.25) is 0 Å². The Labute approximate surface area is 73.2 Å². The average molecular weight is 165 g/mol. The van der Waals surface area contributed by atoms with Crippen LogP contribution < -0.4 is 10.6 Å². The van der Waals surface area contributed by atoms with Crippen LogP contribution >= 0.6 is 0 Å². The first-order valence-corrected chi connectivity index (χ1v) is 4.16. The van der Waals surface area contributed by atoms with E-state index in [2.05, 4.69) is 16.8 Å². The van der Waals surface area contributed by atoms with Gasteiger partial charge in [0, 0.05) is 19.8 Å². The lowest BCUT2D eigenvalue weighted by molar-refractivity contribution is 0.852. The van der Waals surface area contributed by atoms with Crippen molar-refractivity contribution in [2.24, 2.45) is 0 Å². The summed E-state index contributed by atoms with van der Waals surface area (Å²) in [5.74, 6) is 0. The molecule has 3 heteroatoms. The number of hydrogen-bond acceptors (Lipinski definition) is 3. The quantitative estimate of drug-likeness (QED) is 0.738. The predicted octanol–water partition coefficient (Wildman–Crippen LogP) is 1.51. The zero-order valence-corrected chi connectivity index (χ0v) is 7.62. The number of anilines is 2. The Morgan fingerprint density at radius 3 is 2.92 bits per heavy atom. The zero-order chi connectivity index (χ0) is 8.97. The molecule has 0 aliphatic rings. The predicted molar refractivity (Wildman–Crippen MR) is 52.2 cm³/mol. The maximum absolute atomic E-state index is 5.75. The van der Waals surface area contributed by atoms with Crippen LogP contribution in [0.5, 0.6) is 0 Å². The number of pyridine rings is 1. The van der Waals surface area contributed by atoms with Gasteiger partial charge in [-0.2, -0.15) is 0 Å². The molecule has 0 fully saturated rings. The lowest BCUT2D eigenvalue weighted by atomic mass is 10.3. The first kappa shape index (κ1) is 8.84. The van der Waals surface area contributed by atoms with Gasteiger partial charge in [0.25, 0.3) is 0 Å². The second kappa shape index (κ2) is 3.95. The largest absolute Gasteiger partial charge is 0.396 e. The van der Waals surface area contributed by atoms with Crippen molar-refractivity contribution in [2.75, 3.05) is 24.2 Å². The van der Waals surface area contributed by atoms with Crippen LogP contribution in [-0.2, 0) is 0 Å². The van der Waals surface area contributed by atoms with Gasteiger partial charge in [-0.25, -0.2) is 0 Å². The Kier molecular flexibility index (Phi) is 2.91. The van der Waals surface area contributed by atoms with Crippen LogP contribution in [-0.4, -0.2) is 18.6 Å². The van der Waals surface area contributed by atoms with Crippen LogP contribution in [0.15, 0.2) is 18.5 Å². The lowest BCUT2D eigenvalue weighted by Gasteiger charge is -2.19. The summed E-state index contributed by atoms with van der Waals surface area (Å²) in [7, 11) is 2.04. The van der Waals surface area contributed by atoms with Crippen LogP contribution in [0.1, 0.15) is 13.3 Å². The van der Waals surface area contributed by atoms with Crippen molar-refractivity contribution in [2.45, 2.75) is 13.3 Å². The zero-order valence-electron chi connectivity index (χ0n) is 7.62. The van der Waals surface area contributed by atoms with Gasteiger partial charge in [-0.1, -0.05) is 6.92 Å². The SMILES string of the molecule is CCCN(C)c1ccncc1N. The van der Waals surface area contributed by atoms with Gasteiger partial charge in [-0.3, -0.25) is 4.98 Å². The van der Waals surface area contributed by atoms with E-state index in [9.17, 15) is 0 Å². The van der Waals surface area contributed by atoms with Crippen molar-refractivity contribution in [3.63, 3.8) is 0 Å². The van der Waals surface area contributed by atoms with E-state index in [0.29, 0.717) is 0 Å². The van der Waals surface area contributed by atoms with E-state index in [-0.39, 0.29) is 0 Å². The highest BCUT2D eigenvalue weighted by atomic mass is 15.1. The number of aromatic nitrogens is 1. The lowest BCUT2D eigenvalue weighted by Crippen LogP contribution is -2.18. The van der Waals surface area contributed by atoms with E-state index in [0.717, 1.165) is 24.3 Å². The maximum Gasteiger partial charge on any atom is 0.0738 e. The van der Waals surface area contributed by atoms with Crippen molar-refractivity contribution < 1.29 is 0 Å². The van der Waals surface area contributed by atoms with Crippen molar-refractivity contribution in [3.05, 3.63) is 18.5 Å². The summed E-state index contributed by atoms with van der Waals surface area (Å²) in [5.41, 5.74) is 7.55. The van der Waals surface area contributed by atoms with Crippen molar-refractivity contribution >= 4 is 11.4 Å².